The van der Waals surface area contributed by atoms with Gasteiger partial charge < -0.3 is 9.47 Å². The van der Waals surface area contributed by atoms with E-state index in [2.05, 4.69) is 0 Å². The van der Waals surface area contributed by atoms with Crippen LogP contribution in [0.25, 0.3) is 0 Å². The molecular formula is C16H11Cl2NO2. The van der Waals surface area contributed by atoms with Crippen molar-refractivity contribution in [1.82, 2.24) is 0 Å². The van der Waals surface area contributed by atoms with E-state index in [0.717, 1.165) is 23.3 Å². The van der Waals surface area contributed by atoms with Crippen LogP contribution in [-0.2, 0) is 13.0 Å². The molecule has 0 aromatic heterocycles. The Morgan fingerprint density at radius 2 is 2.14 bits per heavy atom. The number of benzene rings is 2. The van der Waals surface area contributed by atoms with Crippen LogP contribution in [0.2, 0.25) is 10.0 Å². The number of hydrogen-bond acceptors (Lipinski definition) is 3. The van der Waals surface area contributed by atoms with Crippen molar-refractivity contribution in [3.8, 4) is 17.6 Å². The fraction of sp³-hybridized carbons (Fsp3) is 0.188. The van der Waals surface area contributed by atoms with E-state index in [9.17, 15) is 0 Å². The van der Waals surface area contributed by atoms with Crippen molar-refractivity contribution in [3.63, 3.8) is 0 Å². The molecule has 0 saturated heterocycles. The molecule has 0 amide bonds. The van der Waals surface area contributed by atoms with Crippen molar-refractivity contribution in [3.05, 3.63) is 57.1 Å². The third-order valence-electron chi connectivity index (χ3n) is 3.30. The molecule has 1 heterocycles. The number of hydrogen-bond donors (Lipinski definition) is 0. The lowest BCUT2D eigenvalue weighted by Gasteiger charge is -2.12. The molecule has 106 valence electrons. The molecule has 0 aliphatic carbocycles. The van der Waals surface area contributed by atoms with E-state index in [1.54, 1.807) is 18.2 Å². The van der Waals surface area contributed by atoms with Crippen LogP contribution >= 0.6 is 23.2 Å². The first-order chi connectivity index (χ1) is 10.2. The molecule has 0 spiro atoms. The summed E-state index contributed by atoms with van der Waals surface area (Å²) in [6, 6.07) is 10.9. The molecule has 2 aromatic rings. The molecule has 5 heteroatoms. The van der Waals surface area contributed by atoms with Gasteiger partial charge in [0.2, 0.25) is 0 Å². The first-order valence-electron chi connectivity index (χ1n) is 6.44. The summed E-state index contributed by atoms with van der Waals surface area (Å²) >= 11 is 12.1. The van der Waals surface area contributed by atoms with Gasteiger partial charge in [-0.1, -0.05) is 29.3 Å². The highest BCUT2D eigenvalue weighted by Gasteiger charge is 2.18. The molecule has 1 aliphatic heterocycles. The van der Waals surface area contributed by atoms with Crippen molar-refractivity contribution in [2.24, 2.45) is 0 Å². The van der Waals surface area contributed by atoms with E-state index in [1.807, 2.05) is 18.2 Å². The Morgan fingerprint density at radius 3 is 2.95 bits per heavy atom. The van der Waals surface area contributed by atoms with Gasteiger partial charge in [-0.15, -0.1) is 0 Å². The van der Waals surface area contributed by atoms with Crippen LogP contribution in [0, 0.1) is 11.3 Å². The first kappa shape index (κ1) is 14.1. The van der Waals surface area contributed by atoms with E-state index in [1.165, 1.54) is 0 Å². The summed E-state index contributed by atoms with van der Waals surface area (Å²) in [6.07, 6.45) is 0.851. The van der Waals surface area contributed by atoms with Gasteiger partial charge in [0.15, 0.2) is 0 Å². The Bertz CT molecular complexity index is 738. The minimum Gasteiger partial charge on any atom is -0.493 e. The minimum absolute atomic E-state index is 0.276. The first-order valence-corrected chi connectivity index (χ1v) is 7.20. The maximum Gasteiger partial charge on any atom is 0.139 e. The van der Waals surface area contributed by atoms with Crippen LogP contribution in [0.1, 0.15) is 16.7 Å². The zero-order chi connectivity index (χ0) is 14.8. The third kappa shape index (κ3) is 2.78. The quantitative estimate of drug-likeness (QED) is 0.843. The van der Waals surface area contributed by atoms with Crippen molar-refractivity contribution >= 4 is 23.2 Å². The lowest BCUT2D eigenvalue weighted by atomic mass is 10.1. The zero-order valence-corrected chi connectivity index (χ0v) is 12.5. The number of halogens is 2. The summed E-state index contributed by atoms with van der Waals surface area (Å²) in [6.45, 7) is 0.932. The largest absolute Gasteiger partial charge is 0.493 e. The molecule has 3 nitrogen and oxygen atoms in total. The van der Waals surface area contributed by atoms with Gasteiger partial charge in [0.05, 0.1) is 11.6 Å². The van der Waals surface area contributed by atoms with Gasteiger partial charge in [-0.2, -0.15) is 5.26 Å². The monoisotopic (exact) mass is 319 g/mol. The molecule has 3 rings (SSSR count). The second-order valence-corrected chi connectivity index (χ2v) is 5.51. The molecule has 0 radical (unpaired) electrons. The van der Waals surface area contributed by atoms with Crippen molar-refractivity contribution in [2.75, 3.05) is 6.61 Å². The highest BCUT2D eigenvalue weighted by molar-refractivity contribution is 6.32. The maximum atomic E-state index is 9.14. The van der Waals surface area contributed by atoms with E-state index in [-0.39, 0.29) is 6.61 Å². The summed E-state index contributed by atoms with van der Waals surface area (Å²) < 4.78 is 11.4. The van der Waals surface area contributed by atoms with E-state index in [0.29, 0.717) is 28.0 Å². The number of ether oxygens (including phenoxy) is 2. The second-order valence-electron chi connectivity index (χ2n) is 4.67. The smallest absolute Gasteiger partial charge is 0.139 e. The van der Waals surface area contributed by atoms with Gasteiger partial charge >= 0.3 is 0 Å². The molecule has 0 fully saturated rings. The van der Waals surface area contributed by atoms with E-state index >= 15 is 0 Å². The second kappa shape index (κ2) is 5.85. The Labute approximate surface area is 132 Å². The molecule has 0 atom stereocenters. The summed E-state index contributed by atoms with van der Waals surface area (Å²) in [5, 5.41) is 10.2. The third-order valence-corrected chi connectivity index (χ3v) is 3.83. The normalized spacial score (nSPS) is 12.4. The Balaban J connectivity index is 1.87. The summed E-state index contributed by atoms with van der Waals surface area (Å²) in [5.74, 6) is 1.29. The SMILES string of the molecule is N#Cc1c(Cl)cccc1OCc1cc(Cl)cc2c1OCC2. The van der Waals surface area contributed by atoms with Crippen molar-refractivity contribution in [1.29, 1.82) is 5.26 Å². The average Bonchev–Trinajstić information content (AvgIpc) is 2.93. The Morgan fingerprint density at radius 1 is 1.29 bits per heavy atom. The summed E-state index contributed by atoms with van der Waals surface area (Å²) in [7, 11) is 0. The number of rotatable bonds is 3. The zero-order valence-electron chi connectivity index (χ0n) is 11.0. The van der Waals surface area contributed by atoms with Crippen LogP contribution in [0.15, 0.2) is 30.3 Å². The molecule has 1 aliphatic rings. The highest BCUT2D eigenvalue weighted by Crippen LogP contribution is 2.34. The van der Waals surface area contributed by atoms with E-state index < -0.39 is 0 Å². The predicted molar refractivity (Wildman–Crippen MR) is 81.2 cm³/mol. The lowest BCUT2D eigenvalue weighted by molar-refractivity contribution is 0.291. The van der Waals surface area contributed by atoms with Gasteiger partial charge in [-0.05, 0) is 29.8 Å². The molecule has 0 saturated carbocycles. The molecule has 21 heavy (non-hydrogen) atoms. The fourth-order valence-electron chi connectivity index (χ4n) is 2.34. The molecule has 2 aromatic carbocycles. The number of nitrogens with zero attached hydrogens (tertiary/aromatic N) is 1. The van der Waals surface area contributed by atoms with Crippen LogP contribution in [0.4, 0.5) is 0 Å². The minimum atomic E-state index is 0.276. The Kier molecular flexibility index (Phi) is 3.92. The number of nitriles is 1. The molecule has 0 N–H and O–H groups in total. The standard InChI is InChI=1S/C16H11Cl2NO2/c17-12-6-10-4-5-20-16(10)11(7-12)9-21-15-3-1-2-14(18)13(15)8-19/h1-3,6-7H,4-5,9H2. The molecule has 0 bridgehead atoms. The molecular weight excluding hydrogens is 309 g/mol. The van der Waals surface area contributed by atoms with Crippen molar-refractivity contribution < 1.29 is 9.47 Å². The van der Waals surface area contributed by atoms with Crippen LogP contribution in [-0.4, -0.2) is 6.61 Å². The topological polar surface area (TPSA) is 42.2 Å². The van der Waals surface area contributed by atoms with Gasteiger partial charge in [-0.25, -0.2) is 0 Å². The van der Waals surface area contributed by atoms with Gasteiger partial charge in [0.1, 0.15) is 29.7 Å². The summed E-state index contributed by atoms with van der Waals surface area (Å²) in [4.78, 5) is 0. The highest BCUT2D eigenvalue weighted by atomic mass is 35.5. The van der Waals surface area contributed by atoms with Gasteiger partial charge in [-0.3, -0.25) is 0 Å². The van der Waals surface area contributed by atoms with Crippen LogP contribution in [0.3, 0.4) is 0 Å². The van der Waals surface area contributed by atoms with E-state index in [4.69, 9.17) is 37.9 Å². The van der Waals surface area contributed by atoms with Crippen LogP contribution in [0.5, 0.6) is 11.5 Å². The summed E-state index contributed by atoms with van der Waals surface area (Å²) in [5.41, 5.74) is 2.30. The molecule has 0 unspecified atom stereocenters. The number of fused-ring (bicyclic) bond motifs is 1. The Hall–Kier alpha value is -1.89. The van der Waals surface area contributed by atoms with Gasteiger partial charge in [0, 0.05) is 17.0 Å². The lowest BCUT2D eigenvalue weighted by Crippen LogP contribution is -2.00. The maximum absolute atomic E-state index is 9.14. The average molecular weight is 320 g/mol. The van der Waals surface area contributed by atoms with Crippen LogP contribution < -0.4 is 9.47 Å². The van der Waals surface area contributed by atoms with Gasteiger partial charge in [0.25, 0.3) is 0 Å². The van der Waals surface area contributed by atoms with Crippen molar-refractivity contribution in [2.45, 2.75) is 13.0 Å². The fourth-order valence-corrected chi connectivity index (χ4v) is 2.81. The predicted octanol–water partition coefficient (Wildman–Crippen LogP) is 4.38.